The van der Waals surface area contributed by atoms with Crippen molar-refractivity contribution in [1.29, 1.82) is 0 Å². The van der Waals surface area contributed by atoms with Crippen molar-refractivity contribution in [3.05, 3.63) is 81.7 Å². The van der Waals surface area contributed by atoms with Crippen molar-refractivity contribution in [2.45, 2.75) is 13.5 Å². The molecule has 0 fully saturated rings. The zero-order valence-corrected chi connectivity index (χ0v) is 15.8. The Kier molecular flexibility index (Phi) is 4.75. The summed E-state index contributed by atoms with van der Waals surface area (Å²) < 4.78 is 14.8. The molecule has 140 valence electrons. The lowest BCUT2D eigenvalue weighted by molar-refractivity contribution is -0.117. The molecule has 0 radical (unpaired) electrons. The van der Waals surface area contributed by atoms with Crippen molar-refractivity contribution in [1.82, 2.24) is 9.78 Å². The number of thiophene rings is 1. The van der Waals surface area contributed by atoms with E-state index in [0.717, 1.165) is 14.9 Å². The van der Waals surface area contributed by atoms with E-state index in [1.165, 1.54) is 17.4 Å². The lowest BCUT2D eigenvalue weighted by Crippen LogP contribution is -2.30. The Morgan fingerprint density at radius 2 is 1.93 bits per heavy atom. The standard InChI is InChI=1S/C21H16FN3O2S/c1-13-8-9-14(11-17(13)22)23-19(26)12-25-21(27)16-6-3-2-5-15(16)20(24-25)18-7-4-10-28-18/h2-11H,12H2,1H3,(H,23,26). The number of fused-ring (bicyclic) bond motifs is 1. The summed E-state index contributed by atoms with van der Waals surface area (Å²) in [6, 6.07) is 15.5. The third kappa shape index (κ3) is 3.44. The normalized spacial score (nSPS) is 10.9. The second-order valence-corrected chi connectivity index (χ2v) is 7.29. The number of amides is 1. The van der Waals surface area contributed by atoms with Gasteiger partial charge in [0, 0.05) is 11.1 Å². The number of halogens is 1. The van der Waals surface area contributed by atoms with Crippen LogP contribution in [0.15, 0.2) is 64.8 Å². The van der Waals surface area contributed by atoms with E-state index >= 15 is 0 Å². The Hall–Kier alpha value is -3.32. The van der Waals surface area contributed by atoms with E-state index in [-0.39, 0.29) is 12.1 Å². The summed E-state index contributed by atoms with van der Waals surface area (Å²) in [7, 11) is 0. The highest BCUT2D eigenvalue weighted by molar-refractivity contribution is 7.13. The summed E-state index contributed by atoms with van der Waals surface area (Å²) in [4.78, 5) is 26.1. The third-order valence-electron chi connectivity index (χ3n) is 4.37. The molecule has 2 aromatic carbocycles. The molecule has 2 aromatic heterocycles. The molecule has 0 aliphatic rings. The summed E-state index contributed by atoms with van der Waals surface area (Å²) in [6.07, 6.45) is 0. The van der Waals surface area contributed by atoms with Crippen LogP contribution in [0.1, 0.15) is 5.56 Å². The van der Waals surface area contributed by atoms with Gasteiger partial charge in [-0.1, -0.05) is 30.3 Å². The Labute approximate surface area is 164 Å². The van der Waals surface area contributed by atoms with Gasteiger partial charge in [0.25, 0.3) is 5.56 Å². The van der Waals surface area contributed by atoms with Crippen LogP contribution < -0.4 is 10.9 Å². The van der Waals surface area contributed by atoms with Gasteiger partial charge >= 0.3 is 0 Å². The summed E-state index contributed by atoms with van der Waals surface area (Å²) >= 11 is 1.51. The molecule has 0 spiro atoms. The molecule has 28 heavy (non-hydrogen) atoms. The lowest BCUT2D eigenvalue weighted by Gasteiger charge is -2.11. The zero-order chi connectivity index (χ0) is 19.7. The minimum Gasteiger partial charge on any atom is -0.324 e. The van der Waals surface area contributed by atoms with E-state index in [2.05, 4.69) is 10.4 Å². The van der Waals surface area contributed by atoms with Gasteiger partial charge in [0.2, 0.25) is 5.91 Å². The smallest absolute Gasteiger partial charge is 0.275 e. The minimum atomic E-state index is -0.453. The number of anilines is 1. The summed E-state index contributed by atoms with van der Waals surface area (Å²) in [5, 5.41) is 10.2. The van der Waals surface area contributed by atoms with Crippen molar-refractivity contribution in [2.75, 3.05) is 5.32 Å². The van der Waals surface area contributed by atoms with Gasteiger partial charge in [-0.3, -0.25) is 9.59 Å². The number of hydrogen-bond donors (Lipinski definition) is 1. The van der Waals surface area contributed by atoms with Gasteiger partial charge in [-0.2, -0.15) is 5.10 Å². The van der Waals surface area contributed by atoms with E-state index in [1.54, 1.807) is 31.2 Å². The van der Waals surface area contributed by atoms with E-state index in [4.69, 9.17) is 0 Å². The molecule has 0 saturated heterocycles. The van der Waals surface area contributed by atoms with E-state index in [1.807, 2.05) is 29.6 Å². The molecule has 0 aliphatic heterocycles. The molecular weight excluding hydrogens is 377 g/mol. The van der Waals surface area contributed by atoms with Crippen LogP contribution in [0, 0.1) is 12.7 Å². The highest BCUT2D eigenvalue weighted by atomic mass is 32.1. The molecule has 5 nitrogen and oxygen atoms in total. The fourth-order valence-corrected chi connectivity index (χ4v) is 3.67. The average molecular weight is 393 g/mol. The molecule has 4 aromatic rings. The number of hydrogen-bond acceptors (Lipinski definition) is 4. The maximum Gasteiger partial charge on any atom is 0.275 e. The van der Waals surface area contributed by atoms with Gasteiger partial charge in [0.15, 0.2) is 0 Å². The number of aromatic nitrogens is 2. The molecule has 7 heteroatoms. The zero-order valence-electron chi connectivity index (χ0n) is 15.0. The fourth-order valence-electron chi connectivity index (χ4n) is 2.94. The average Bonchev–Trinajstić information content (AvgIpc) is 3.21. The number of rotatable bonds is 4. The maximum absolute atomic E-state index is 13.7. The SMILES string of the molecule is Cc1ccc(NC(=O)Cn2nc(-c3cccs3)c3ccccc3c2=O)cc1F. The molecule has 0 atom stereocenters. The first-order valence-corrected chi connectivity index (χ1v) is 9.50. The number of nitrogens with zero attached hydrogens (tertiary/aromatic N) is 2. The predicted molar refractivity (Wildman–Crippen MR) is 109 cm³/mol. The number of carbonyl (C=O) groups is 1. The van der Waals surface area contributed by atoms with Crippen molar-refractivity contribution in [2.24, 2.45) is 0 Å². The fraction of sp³-hybridized carbons (Fsp3) is 0.0952. The Bertz CT molecular complexity index is 1230. The van der Waals surface area contributed by atoms with E-state index in [9.17, 15) is 14.0 Å². The second-order valence-electron chi connectivity index (χ2n) is 6.35. The van der Waals surface area contributed by atoms with E-state index in [0.29, 0.717) is 22.3 Å². The molecule has 1 N–H and O–H groups in total. The van der Waals surface area contributed by atoms with Crippen LogP contribution in [0.2, 0.25) is 0 Å². The van der Waals surface area contributed by atoms with Crippen LogP contribution in [0.25, 0.3) is 21.3 Å². The van der Waals surface area contributed by atoms with Crippen molar-refractivity contribution in [3.63, 3.8) is 0 Å². The number of benzene rings is 2. The second kappa shape index (κ2) is 7.36. The highest BCUT2D eigenvalue weighted by Gasteiger charge is 2.15. The Balaban J connectivity index is 1.70. The van der Waals surface area contributed by atoms with Gasteiger partial charge in [-0.15, -0.1) is 11.3 Å². The van der Waals surface area contributed by atoms with Crippen LogP contribution in [-0.2, 0) is 11.3 Å². The van der Waals surface area contributed by atoms with E-state index < -0.39 is 11.7 Å². The summed E-state index contributed by atoms with van der Waals surface area (Å²) in [6.45, 7) is 1.38. The van der Waals surface area contributed by atoms with Gasteiger partial charge in [-0.25, -0.2) is 9.07 Å². The van der Waals surface area contributed by atoms with Crippen LogP contribution in [0.4, 0.5) is 10.1 Å². The largest absolute Gasteiger partial charge is 0.324 e. The minimum absolute atomic E-state index is 0.266. The highest BCUT2D eigenvalue weighted by Crippen LogP contribution is 2.28. The number of aryl methyl sites for hydroxylation is 1. The van der Waals surface area contributed by atoms with Crippen molar-refractivity contribution < 1.29 is 9.18 Å². The molecule has 0 aliphatic carbocycles. The summed E-state index contributed by atoms with van der Waals surface area (Å²) in [5.74, 6) is -0.857. The molecule has 0 bridgehead atoms. The molecule has 0 unspecified atom stereocenters. The molecule has 0 saturated carbocycles. The Morgan fingerprint density at radius 1 is 1.14 bits per heavy atom. The molecule has 1 amide bonds. The quantitative estimate of drug-likeness (QED) is 0.565. The van der Waals surface area contributed by atoms with Crippen molar-refractivity contribution >= 4 is 33.7 Å². The third-order valence-corrected chi connectivity index (χ3v) is 5.25. The molecular formula is C21H16FN3O2S. The van der Waals surface area contributed by atoms with Gasteiger partial charge in [-0.05, 0) is 42.1 Å². The maximum atomic E-state index is 13.7. The Morgan fingerprint density at radius 3 is 2.64 bits per heavy atom. The first-order chi connectivity index (χ1) is 13.5. The predicted octanol–water partition coefficient (Wildman–Crippen LogP) is 4.21. The van der Waals surface area contributed by atoms with Crippen LogP contribution >= 0.6 is 11.3 Å². The number of nitrogens with one attached hydrogen (secondary N) is 1. The molecule has 2 heterocycles. The number of carbonyl (C=O) groups excluding carboxylic acids is 1. The monoisotopic (exact) mass is 393 g/mol. The van der Waals surface area contributed by atoms with Gasteiger partial charge < -0.3 is 5.32 Å². The van der Waals surface area contributed by atoms with Gasteiger partial charge in [0.1, 0.15) is 18.1 Å². The lowest BCUT2D eigenvalue weighted by atomic mass is 10.1. The van der Waals surface area contributed by atoms with Gasteiger partial charge in [0.05, 0.1) is 10.3 Å². The van der Waals surface area contributed by atoms with Crippen LogP contribution in [-0.4, -0.2) is 15.7 Å². The first kappa shape index (κ1) is 18.1. The van der Waals surface area contributed by atoms with Crippen molar-refractivity contribution in [3.8, 4) is 10.6 Å². The molecule has 4 rings (SSSR count). The van der Waals surface area contributed by atoms with Crippen LogP contribution in [0.3, 0.4) is 0 Å². The topological polar surface area (TPSA) is 64.0 Å². The van der Waals surface area contributed by atoms with Crippen LogP contribution in [0.5, 0.6) is 0 Å². The first-order valence-electron chi connectivity index (χ1n) is 8.62. The summed E-state index contributed by atoms with van der Waals surface area (Å²) in [5.41, 5.74) is 1.13.